The van der Waals surface area contributed by atoms with Gasteiger partial charge in [-0.05, 0) is 19.8 Å². The minimum Gasteiger partial charge on any atom is -0.392 e. The Morgan fingerprint density at radius 1 is 1.76 bits per heavy atom. The molecule has 1 aliphatic rings. The summed E-state index contributed by atoms with van der Waals surface area (Å²) >= 11 is 1.38. The van der Waals surface area contributed by atoms with Crippen molar-refractivity contribution in [1.82, 2.24) is 20.1 Å². The maximum Gasteiger partial charge on any atom is 0.230 e. The molecule has 1 saturated carbocycles. The van der Waals surface area contributed by atoms with Crippen LogP contribution in [0.3, 0.4) is 0 Å². The van der Waals surface area contributed by atoms with Gasteiger partial charge in [0.1, 0.15) is 6.33 Å². The van der Waals surface area contributed by atoms with Gasteiger partial charge in [0.25, 0.3) is 0 Å². The third-order valence-corrected chi connectivity index (χ3v) is 3.36. The maximum atomic E-state index is 11.4. The summed E-state index contributed by atoms with van der Waals surface area (Å²) in [7, 11) is 0. The lowest BCUT2D eigenvalue weighted by Gasteiger charge is -2.07. The Morgan fingerprint density at radius 2 is 2.53 bits per heavy atom. The van der Waals surface area contributed by atoms with Crippen LogP contribution >= 0.6 is 11.8 Å². The fourth-order valence-corrected chi connectivity index (χ4v) is 2.19. The largest absolute Gasteiger partial charge is 0.392 e. The van der Waals surface area contributed by atoms with Crippen molar-refractivity contribution in [2.24, 2.45) is 0 Å². The quantitative estimate of drug-likeness (QED) is 0.711. The summed E-state index contributed by atoms with van der Waals surface area (Å²) in [5.74, 6) is 0.208. The molecule has 1 amide bonds. The molecule has 0 aliphatic heterocycles. The number of aromatic nitrogens is 3. The van der Waals surface area contributed by atoms with E-state index >= 15 is 0 Å². The first-order chi connectivity index (χ1) is 8.16. The Morgan fingerprint density at radius 3 is 3.18 bits per heavy atom. The van der Waals surface area contributed by atoms with Crippen molar-refractivity contribution in [2.45, 2.75) is 37.1 Å². The first-order valence-electron chi connectivity index (χ1n) is 5.64. The van der Waals surface area contributed by atoms with Crippen molar-refractivity contribution in [3.63, 3.8) is 0 Å². The zero-order valence-electron chi connectivity index (χ0n) is 9.67. The Hall–Kier alpha value is -1.08. The summed E-state index contributed by atoms with van der Waals surface area (Å²) in [6, 6.07) is 0.521. The molecule has 0 saturated heterocycles. The molecule has 0 bridgehead atoms. The molecule has 2 N–H and O–H groups in total. The second-order valence-electron chi connectivity index (χ2n) is 4.19. The highest BCUT2D eigenvalue weighted by molar-refractivity contribution is 7.99. The van der Waals surface area contributed by atoms with E-state index in [1.165, 1.54) is 24.6 Å². The maximum absolute atomic E-state index is 11.4. The van der Waals surface area contributed by atoms with E-state index in [1.54, 1.807) is 13.3 Å². The summed E-state index contributed by atoms with van der Waals surface area (Å²) < 4.78 is 2.02. The standard InChI is InChI=1S/C10H16N4O2S/c1-7(15)4-11-9(16)5-17-10-13-12-6-14(10)8-2-3-8/h6-8,15H,2-5H2,1H3,(H,11,16). The van der Waals surface area contributed by atoms with Crippen LogP contribution in [0.4, 0.5) is 0 Å². The molecule has 17 heavy (non-hydrogen) atoms. The third-order valence-electron chi connectivity index (χ3n) is 2.41. The van der Waals surface area contributed by atoms with E-state index < -0.39 is 6.10 Å². The van der Waals surface area contributed by atoms with Crippen LogP contribution < -0.4 is 5.32 Å². The van der Waals surface area contributed by atoms with Crippen LogP contribution in [-0.4, -0.2) is 44.2 Å². The Bertz CT molecular complexity index is 389. The Balaban J connectivity index is 1.77. The number of nitrogens with zero attached hydrogens (tertiary/aromatic N) is 3. The fourth-order valence-electron chi connectivity index (χ4n) is 1.38. The van der Waals surface area contributed by atoms with E-state index in [-0.39, 0.29) is 12.5 Å². The molecule has 6 nitrogen and oxygen atoms in total. The Kier molecular flexibility index (Phi) is 4.01. The molecule has 0 spiro atoms. The van der Waals surface area contributed by atoms with Gasteiger partial charge < -0.3 is 15.0 Å². The highest BCUT2D eigenvalue weighted by Crippen LogP contribution is 2.37. The van der Waals surface area contributed by atoms with Crippen LogP contribution in [0.15, 0.2) is 11.5 Å². The molecular weight excluding hydrogens is 240 g/mol. The van der Waals surface area contributed by atoms with Gasteiger partial charge in [-0.15, -0.1) is 10.2 Å². The summed E-state index contributed by atoms with van der Waals surface area (Å²) in [5, 5.41) is 20.3. The van der Waals surface area contributed by atoms with Crippen molar-refractivity contribution in [2.75, 3.05) is 12.3 Å². The molecule has 1 atom stereocenters. The zero-order valence-corrected chi connectivity index (χ0v) is 10.5. The smallest absolute Gasteiger partial charge is 0.230 e. The van der Waals surface area contributed by atoms with Gasteiger partial charge in [-0.1, -0.05) is 11.8 Å². The lowest BCUT2D eigenvalue weighted by molar-refractivity contribution is -0.118. The number of nitrogens with one attached hydrogen (secondary N) is 1. The molecule has 1 unspecified atom stereocenters. The Labute approximate surface area is 104 Å². The number of carbonyl (C=O) groups excluding carboxylic acids is 1. The third kappa shape index (κ3) is 3.71. The highest BCUT2D eigenvalue weighted by atomic mass is 32.2. The molecule has 1 aromatic heterocycles. The highest BCUT2D eigenvalue weighted by Gasteiger charge is 2.26. The molecule has 0 aromatic carbocycles. The van der Waals surface area contributed by atoms with E-state index in [9.17, 15) is 4.79 Å². The number of rotatable bonds is 6. The minimum absolute atomic E-state index is 0.0961. The van der Waals surface area contributed by atoms with Gasteiger partial charge in [0, 0.05) is 12.6 Å². The SMILES string of the molecule is CC(O)CNC(=O)CSc1nncn1C1CC1. The monoisotopic (exact) mass is 256 g/mol. The normalized spacial score (nSPS) is 16.8. The molecule has 7 heteroatoms. The van der Waals surface area contributed by atoms with Crippen molar-refractivity contribution in [1.29, 1.82) is 0 Å². The molecule has 1 fully saturated rings. The molecule has 0 radical (unpaired) electrons. The van der Waals surface area contributed by atoms with Gasteiger partial charge in [-0.2, -0.15) is 0 Å². The first-order valence-corrected chi connectivity index (χ1v) is 6.62. The van der Waals surface area contributed by atoms with Crippen molar-refractivity contribution < 1.29 is 9.90 Å². The number of aliphatic hydroxyl groups is 1. The predicted molar refractivity (Wildman–Crippen MR) is 63.7 cm³/mol. The number of thioether (sulfide) groups is 1. The zero-order chi connectivity index (χ0) is 12.3. The van der Waals surface area contributed by atoms with Crippen molar-refractivity contribution in [3.05, 3.63) is 6.33 Å². The summed E-state index contributed by atoms with van der Waals surface area (Å²) in [6.45, 7) is 1.92. The van der Waals surface area contributed by atoms with Crippen LogP contribution in [0.25, 0.3) is 0 Å². The van der Waals surface area contributed by atoms with E-state index in [1.807, 2.05) is 4.57 Å². The van der Waals surface area contributed by atoms with Gasteiger partial charge in [0.2, 0.25) is 5.91 Å². The number of aliphatic hydroxyl groups excluding tert-OH is 1. The average molecular weight is 256 g/mol. The first kappa shape index (κ1) is 12.4. The van der Waals surface area contributed by atoms with E-state index in [2.05, 4.69) is 15.5 Å². The molecule has 1 aromatic rings. The van der Waals surface area contributed by atoms with Crippen LogP contribution in [0, 0.1) is 0 Å². The summed E-state index contributed by atoms with van der Waals surface area (Å²) in [6.07, 6.45) is 3.53. The van der Waals surface area contributed by atoms with Crippen LogP contribution in [0.5, 0.6) is 0 Å². The molecule has 94 valence electrons. The lowest BCUT2D eigenvalue weighted by Crippen LogP contribution is -2.31. The van der Waals surface area contributed by atoms with Gasteiger partial charge in [-0.3, -0.25) is 4.79 Å². The number of hydrogen-bond acceptors (Lipinski definition) is 5. The fraction of sp³-hybridized carbons (Fsp3) is 0.700. The van der Waals surface area contributed by atoms with Crippen LogP contribution in [0.1, 0.15) is 25.8 Å². The number of carbonyl (C=O) groups is 1. The van der Waals surface area contributed by atoms with Crippen LogP contribution in [-0.2, 0) is 4.79 Å². The summed E-state index contributed by atoms with van der Waals surface area (Å²) in [4.78, 5) is 11.4. The second-order valence-corrected chi connectivity index (χ2v) is 5.14. The molecule has 2 rings (SSSR count). The van der Waals surface area contributed by atoms with Gasteiger partial charge in [-0.25, -0.2) is 0 Å². The number of hydrogen-bond donors (Lipinski definition) is 2. The second kappa shape index (κ2) is 5.50. The van der Waals surface area contributed by atoms with E-state index in [0.29, 0.717) is 11.8 Å². The van der Waals surface area contributed by atoms with Gasteiger partial charge in [0.15, 0.2) is 5.16 Å². The van der Waals surface area contributed by atoms with Crippen molar-refractivity contribution in [3.8, 4) is 0 Å². The summed E-state index contributed by atoms with van der Waals surface area (Å²) in [5.41, 5.74) is 0. The van der Waals surface area contributed by atoms with E-state index in [0.717, 1.165) is 5.16 Å². The van der Waals surface area contributed by atoms with E-state index in [4.69, 9.17) is 5.11 Å². The van der Waals surface area contributed by atoms with Crippen molar-refractivity contribution >= 4 is 17.7 Å². The topological polar surface area (TPSA) is 80.0 Å². The lowest BCUT2D eigenvalue weighted by atomic mass is 10.4. The van der Waals surface area contributed by atoms with Crippen LogP contribution in [0.2, 0.25) is 0 Å². The number of amides is 1. The molecular formula is C10H16N4O2S. The molecule has 1 heterocycles. The van der Waals surface area contributed by atoms with Gasteiger partial charge >= 0.3 is 0 Å². The molecule has 1 aliphatic carbocycles. The average Bonchev–Trinajstić information content (AvgIpc) is 3.03. The predicted octanol–water partition coefficient (Wildman–Crippen LogP) is 0.202. The minimum atomic E-state index is -0.515. The van der Waals surface area contributed by atoms with Gasteiger partial charge in [0.05, 0.1) is 11.9 Å².